The number of halogens is 1. The molecule has 6 nitrogen and oxygen atoms in total. The van der Waals surface area contributed by atoms with Crippen molar-refractivity contribution in [3.8, 4) is 0 Å². The van der Waals surface area contributed by atoms with Crippen molar-refractivity contribution in [1.29, 1.82) is 0 Å². The molecule has 1 fully saturated rings. The van der Waals surface area contributed by atoms with Gasteiger partial charge >= 0.3 is 0 Å². The van der Waals surface area contributed by atoms with E-state index in [-0.39, 0.29) is 23.2 Å². The van der Waals surface area contributed by atoms with Crippen LogP contribution in [0.2, 0.25) is 0 Å². The van der Waals surface area contributed by atoms with Crippen molar-refractivity contribution >= 4 is 28.3 Å². The molecule has 1 unspecified atom stereocenters. The van der Waals surface area contributed by atoms with Crippen LogP contribution in [0, 0.1) is 12.8 Å². The average Bonchev–Trinajstić information content (AvgIpc) is 3.09. The summed E-state index contributed by atoms with van der Waals surface area (Å²) < 4.78 is 26.7. The van der Waals surface area contributed by atoms with Gasteiger partial charge in [-0.1, -0.05) is 19.9 Å². The second-order valence-corrected chi connectivity index (χ2v) is 8.41. The highest BCUT2D eigenvalue weighted by Gasteiger charge is 2.23. The maximum absolute atomic E-state index is 12.7. The Kier molecular flexibility index (Phi) is 9.03. The van der Waals surface area contributed by atoms with E-state index < -0.39 is 10.0 Å². The molecule has 1 aromatic rings. The van der Waals surface area contributed by atoms with Gasteiger partial charge in [-0.3, -0.25) is 4.79 Å². The summed E-state index contributed by atoms with van der Waals surface area (Å²) in [5.74, 6) is 0.399. The van der Waals surface area contributed by atoms with Crippen LogP contribution in [0.15, 0.2) is 23.1 Å². The summed E-state index contributed by atoms with van der Waals surface area (Å²) >= 11 is 0. The first-order chi connectivity index (χ1) is 11.9. The molecule has 1 aromatic carbocycles. The van der Waals surface area contributed by atoms with Gasteiger partial charge in [0.05, 0.1) is 4.90 Å². The topological polar surface area (TPSA) is 78.5 Å². The molecule has 0 saturated carbocycles. The zero-order chi connectivity index (χ0) is 18.4. The van der Waals surface area contributed by atoms with Crippen LogP contribution in [0.1, 0.15) is 42.6 Å². The van der Waals surface area contributed by atoms with Gasteiger partial charge in [-0.15, -0.1) is 12.4 Å². The number of benzene rings is 1. The fourth-order valence-corrected chi connectivity index (χ4v) is 4.65. The van der Waals surface area contributed by atoms with Gasteiger partial charge in [-0.25, -0.2) is 8.42 Å². The van der Waals surface area contributed by atoms with Crippen molar-refractivity contribution in [2.24, 2.45) is 5.92 Å². The quantitative estimate of drug-likeness (QED) is 0.697. The molecule has 1 aliphatic heterocycles. The molecule has 1 saturated heterocycles. The number of amides is 1. The summed E-state index contributed by atoms with van der Waals surface area (Å²) in [7, 11) is -3.56. The Labute approximate surface area is 163 Å². The molecule has 8 heteroatoms. The van der Waals surface area contributed by atoms with Crippen LogP contribution in [0.4, 0.5) is 0 Å². The van der Waals surface area contributed by atoms with E-state index in [9.17, 15) is 13.2 Å². The highest BCUT2D eigenvalue weighted by molar-refractivity contribution is 7.89. The Bertz CT molecular complexity index is 700. The summed E-state index contributed by atoms with van der Waals surface area (Å²) in [6, 6.07) is 4.77. The number of carbonyl (C=O) groups excluding carboxylic acids is 1. The molecule has 0 radical (unpaired) electrons. The highest BCUT2D eigenvalue weighted by Crippen LogP contribution is 2.20. The van der Waals surface area contributed by atoms with E-state index >= 15 is 0 Å². The largest absolute Gasteiger partial charge is 0.352 e. The minimum absolute atomic E-state index is 0. The molecule has 0 aliphatic carbocycles. The van der Waals surface area contributed by atoms with Gasteiger partial charge in [-0.05, 0) is 56.5 Å². The van der Waals surface area contributed by atoms with Crippen molar-refractivity contribution in [2.75, 3.05) is 32.7 Å². The molecular formula is C18H30ClN3O3S. The number of hydrogen-bond donors (Lipinski definition) is 2. The van der Waals surface area contributed by atoms with E-state index in [1.807, 2.05) is 6.92 Å². The van der Waals surface area contributed by atoms with Crippen LogP contribution >= 0.6 is 12.4 Å². The Balaban J connectivity index is 0.00000338. The van der Waals surface area contributed by atoms with Gasteiger partial charge in [0, 0.05) is 25.2 Å². The second-order valence-electron chi connectivity index (χ2n) is 6.47. The van der Waals surface area contributed by atoms with Gasteiger partial charge in [0.25, 0.3) is 5.91 Å². The lowest BCUT2D eigenvalue weighted by Crippen LogP contribution is -2.31. The van der Waals surface area contributed by atoms with Gasteiger partial charge in [0.1, 0.15) is 0 Å². The number of nitrogens with one attached hydrogen (secondary N) is 2. The van der Waals surface area contributed by atoms with E-state index in [4.69, 9.17) is 0 Å². The SMILES string of the molecule is CCN(CC)S(=O)(=O)c1ccc(C)c(C(=O)NCCC2CCNC2)c1.Cl. The first kappa shape index (κ1) is 22.9. The summed E-state index contributed by atoms with van der Waals surface area (Å²) in [6.07, 6.45) is 2.09. The third-order valence-electron chi connectivity index (χ3n) is 4.80. The van der Waals surface area contributed by atoms with Gasteiger partial charge in [0.2, 0.25) is 10.0 Å². The van der Waals surface area contributed by atoms with Crippen LogP contribution in [-0.4, -0.2) is 51.4 Å². The van der Waals surface area contributed by atoms with Crippen molar-refractivity contribution in [3.05, 3.63) is 29.3 Å². The van der Waals surface area contributed by atoms with Crippen molar-refractivity contribution in [2.45, 2.75) is 38.5 Å². The molecule has 2 N–H and O–H groups in total. The van der Waals surface area contributed by atoms with Gasteiger partial charge < -0.3 is 10.6 Å². The predicted molar refractivity (Wildman–Crippen MR) is 106 cm³/mol. The third kappa shape index (κ3) is 5.42. The lowest BCUT2D eigenvalue weighted by atomic mass is 10.0. The number of rotatable bonds is 8. The van der Waals surface area contributed by atoms with Crippen molar-refractivity contribution < 1.29 is 13.2 Å². The van der Waals surface area contributed by atoms with Crippen molar-refractivity contribution in [1.82, 2.24) is 14.9 Å². The lowest BCUT2D eigenvalue weighted by molar-refractivity contribution is 0.0951. The Morgan fingerprint density at radius 3 is 2.58 bits per heavy atom. The smallest absolute Gasteiger partial charge is 0.251 e. The predicted octanol–water partition coefficient (Wildman–Crippen LogP) is 2.18. The fraction of sp³-hybridized carbons (Fsp3) is 0.611. The zero-order valence-corrected chi connectivity index (χ0v) is 17.4. The van der Waals surface area contributed by atoms with Gasteiger partial charge in [-0.2, -0.15) is 4.31 Å². The normalized spacial score (nSPS) is 17.2. The van der Waals surface area contributed by atoms with Crippen molar-refractivity contribution in [3.63, 3.8) is 0 Å². The number of sulfonamides is 1. The summed E-state index contributed by atoms with van der Waals surface area (Å²) in [6.45, 7) is 8.91. The minimum Gasteiger partial charge on any atom is -0.352 e. The molecule has 0 bridgehead atoms. The zero-order valence-electron chi connectivity index (χ0n) is 15.7. The Morgan fingerprint density at radius 1 is 1.31 bits per heavy atom. The van der Waals surface area contributed by atoms with E-state index in [0.717, 1.165) is 31.5 Å². The molecular weight excluding hydrogens is 374 g/mol. The first-order valence-electron chi connectivity index (χ1n) is 8.99. The standard InChI is InChI=1S/C18H29N3O3S.ClH/c1-4-21(5-2)25(23,24)16-7-6-14(3)17(12-16)18(22)20-11-9-15-8-10-19-13-15;/h6-7,12,15,19H,4-5,8-11,13H2,1-3H3,(H,20,22);1H. The molecule has 0 aromatic heterocycles. The summed E-state index contributed by atoms with van der Waals surface area (Å²) in [4.78, 5) is 12.7. The average molecular weight is 404 g/mol. The molecule has 1 amide bonds. The maximum Gasteiger partial charge on any atom is 0.251 e. The monoisotopic (exact) mass is 403 g/mol. The Hall–Kier alpha value is -1.15. The van der Waals surface area contributed by atoms with Crippen LogP contribution in [0.25, 0.3) is 0 Å². The van der Waals surface area contributed by atoms with E-state index in [0.29, 0.717) is 31.1 Å². The number of carbonyl (C=O) groups is 1. The summed E-state index contributed by atoms with van der Waals surface area (Å²) in [5.41, 5.74) is 1.20. The molecule has 26 heavy (non-hydrogen) atoms. The fourth-order valence-electron chi connectivity index (χ4n) is 3.16. The van der Waals surface area contributed by atoms with E-state index in [2.05, 4.69) is 10.6 Å². The molecule has 2 rings (SSSR count). The molecule has 1 aliphatic rings. The maximum atomic E-state index is 12.7. The Morgan fingerprint density at radius 2 is 2.00 bits per heavy atom. The lowest BCUT2D eigenvalue weighted by Gasteiger charge is -2.19. The van der Waals surface area contributed by atoms with E-state index in [1.165, 1.54) is 10.4 Å². The molecule has 1 heterocycles. The molecule has 148 valence electrons. The van der Waals surface area contributed by atoms with Crippen LogP contribution in [0.5, 0.6) is 0 Å². The number of aryl methyl sites for hydroxylation is 1. The summed E-state index contributed by atoms with van der Waals surface area (Å²) in [5, 5.41) is 6.24. The van der Waals surface area contributed by atoms with Gasteiger partial charge in [0.15, 0.2) is 0 Å². The highest BCUT2D eigenvalue weighted by atomic mass is 35.5. The van der Waals surface area contributed by atoms with Crippen LogP contribution in [0.3, 0.4) is 0 Å². The minimum atomic E-state index is -3.56. The molecule has 0 spiro atoms. The molecule has 1 atom stereocenters. The third-order valence-corrected chi connectivity index (χ3v) is 6.84. The first-order valence-corrected chi connectivity index (χ1v) is 10.4. The second kappa shape index (κ2) is 10.3. The van der Waals surface area contributed by atoms with E-state index in [1.54, 1.807) is 26.0 Å². The number of hydrogen-bond acceptors (Lipinski definition) is 4. The van der Waals surface area contributed by atoms with Crippen LogP contribution in [-0.2, 0) is 10.0 Å². The van der Waals surface area contributed by atoms with Crippen LogP contribution < -0.4 is 10.6 Å². The number of nitrogens with zero attached hydrogens (tertiary/aromatic N) is 1.